The number of nitrogens with zero attached hydrogens (tertiary/aromatic N) is 5. The second-order valence-electron chi connectivity index (χ2n) is 7.05. The summed E-state index contributed by atoms with van der Waals surface area (Å²) in [5.41, 5.74) is 2.54. The number of hydrogen-bond acceptors (Lipinski definition) is 6. The summed E-state index contributed by atoms with van der Waals surface area (Å²) in [5, 5.41) is 4.06. The van der Waals surface area contributed by atoms with Crippen LogP contribution in [-0.2, 0) is 4.74 Å². The van der Waals surface area contributed by atoms with Gasteiger partial charge in [-0.05, 0) is 25.5 Å². The Balaban J connectivity index is 1.98. The lowest BCUT2D eigenvalue weighted by molar-refractivity contribution is 0.170. The first-order chi connectivity index (χ1) is 13.6. The van der Waals surface area contributed by atoms with Crippen LogP contribution in [0.4, 0.5) is 0 Å². The van der Waals surface area contributed by atoms with E-state index in [1.165, 1.54) is 0 Å². The third kappa shape index (κ3) is 2.80. The summed E-state index contributed by atoms with van der Waals surface area (Å²) in [6, 6.07) is 7.88. The summed E-state index contributed by atoms with van der Waals surface area (Å²) in [4.78, 5) is 22.3. The average molecular weight is 381 g/mol. The van der Waals surface area contributed by atoms with Gasteiger partial charge in [0.25, 0.3) is 5.56 Å². The first-order valence-electron chi connectivity index (χ1n) is 9.40. The SMILES string of the molecule is CCC(C)n1c(=O)c2c(-c3noc(C(C)COC)n3)ncn2c2ccccc21. The topological polar surface area (TPSA) is 87.5 Å². The van der Waals surface area contributed by atoms with Gasteiger partial charge in [0.05, 0.1) is 23.6 Å². The number of para-hydroxylation sites is 2. The molecule has 3 heterocycles. The predicted octanol–water partition coefficient (Wildman–Crippen LogP) is 3.42. The van der Waals surface area contributed by atoms with E-state index >= 15 is 0 Å². The van der Waals surface area contributed by atoms with E-state index in [4.69, 9.17) is 9.26 Å². The summed E-state index contributed by atoms with van der Waals surface area (Å²) in [7, 11) is 1.62. The highest BCUT2D eigenvalue weighted by Gasteiger charge is 2.23. The molecule has 4 rings (SSSR count). The van der Waals surface area contributed by atoms with Crippen molar-refractivity contribution in [2.24, 2.45) is 0 Å². The van der Waals surface area contributed by atoms with E-state index in [1.54, 1.807) is 17.8 Å². The van der Waals surface area contributed by atoms with E-state index in [-0.39, 0.29) is 17.5 Å². The minimum atomic E-state index is -0.114. The highest BCUT2D eigenvalue weighted by molar-refractivity contribution is 5.83. The van der Waals surface area contributed by atoms with Crippen molar-refractivity contribution in [3.05, 3.63) is 46.8 Å². The molecule has 1 aromatic carbocycles. The lowest BCUT2D eigenvalue weighted by atomic mass is 10.2. The van der Waals surface area contributed by atoms with Crippen LogP contribution in [0.1, 0.15) is 45.0 Å². The van der Waals surface area contributed by atoms with Crippen molar-refractivity contribution in [3.8, 4) is 11.5 Å². The molecule has 4 aromatic rings. The lowest BCUT2D eigenvalue weighted by Crippen LogP contribution is -2.25. The molecule has 28 heavy (non-hydrogen) atoms. The van der Waals surface area contributed by atoms with Gasteiger partial charge in [0.1, 0.15) is 17.5 Å². The van der Waals surface area contributed by atoms with Crippen LogP contribution < -0.4 is 5.56 Å². The Morgan fingerprint density at radius 2 is 1.96 bits per heavy atom. The van der Waals surface area contributed by atoms with Gasteiger partial charge >= 0.3 is 0 Å². The number of aromatic nitrogens is 5. The molecular formula is C20H23N5O3. The number of fused-ring (bicyclic) bond motifs is 3. The molecule has 0 saturated heterocycles. The van der Waals surface area contributed by atoms with Gasteiger partial charge < -0.3 is 13.8 Å². The maximum absolute atomic E-state index is 13.4. The van der Waals surface area contributed by atoms with Crippen LogP contribution in [-0.4, -0.2) is 37.8 Å². The number of hydrogen-bond donors (Lipinski definition) is 0. The zero-order chi connectivity index (χ0) is 19.8. The summed E-state index contributed by atoms with van der Waals surface area (Å²) >= 11 is 0. The normalized spacial score (nSPS) is 14.0. The Hall–Kier alpha value is -3.00. The molecule has 0 fully saturated rings. The molecule has 0 bridgehead atoms. The Bertz CT molecular complexity index is 1190. The number of methoxy groups -OCH3 is 1. The molecule has 8 nitrogen and oxygen atoms in total. The van der Waals surface area contributed by atoms with Gasteiger partial charge in [0.2, 0.25) is 11.7 Å². The molecule has 3 aromatic heterocycles. The van der Waals surface area contributed by atoms with E-state index in [2.05, 4.69) is 22.0 Å². The molecule has 0 aliphatic carbocycles. The molecule has 0 N–H and O–H groups in total. The van der Waals surface area contributed by atoms with Crippen LogP contribution in [0.3, 0.4) is 0 Å². The smallest absolute Gasteiger partial charge is 0.278 e. The number of imidazole rings is 1. The summed E-state index contributed by atoms with van der Waals surface area (Å²) in [6.45, 7) is 6.52. The van der Waals surface area contributed by atoms with E-state index < -0.39 is 0 Å². The van der Waals surface area contributed by atoms with Crippen LogP contribution in [0.15, 0.2) is 39.9 Å². The molecule has 8 heteroatoms. The molecule has 0 saturated carbocycles. The van der Waals surface area contributed by atoms with Crippen LogP contribution in [0.25, 0.3) is 28.1 Å². The highest BCUT2D eigenvalue weighted by Crippen LogP contribution is 2.25. The fourth-order valence-corrected chi connectivity index (χ4v) is 3.47. The molecule has 0 amide bonds. The van der Waals surface area contributed by atoms with E-state index in [9.17, 15) is 4.79 Å². The van der Waals surface area contributed by atoms with Gasteiger partial charge in [-0.25, -0.2) is 4.98 Å². The van der Waals surface area contributed by atoms with Crippen molar-refractivity contribution in [3.63, 3.8) is 0 Å². The fraction of sp³-hybridized carbons (Fsp3) is 0.400. The van der Waals surface area contributed by atoms with Crippen molar-refractivity contribution in [2.75, 3.05) is 13.7 Å². The minimum absolute atomic E-state index is 0.0438. The molecule has 0 spiro atoms. The molecule has 2 atom stereocenters. The van der Waals surface area contributed by atoms with Gasteiger partial charge in [-0.2, -0.15) is 4.98 Å². The number of ether oxygens (including phenoxy) is 1. The van der Waals surface area contributed by atoms with Crippen LogP contribution in [0, 0.1) is 0 Å². The first-order valence-corrected chi connectivity index (χ1v) is 9.40. The van der Waals surface area contributed by atoms with Crippen molar-refractivity contribution < 1.29 is 9.26 Å². The molecular weight excluding hydrogens is 358 g/mol. The quantitative estimate of drug-likeness (QED) is 0.509. The Kier molecular flexibility index (Phi) is 4.72. The van der Waals surface area contributed by atoms with E-state index in [0.717, 1.165) is 17.5 Å². The second-order valence-corrected chi connectivity index (χ2v) is 7.05. The largest absolute Gasteiger partial charge is 0.384 e. The van der Waals surface area contributed by atoms with Crippen LogP contribution in [0.2, 0.25) is 0 Å². The third-order valence-corrected chi connectivity index (χ3v) is 5.11. The first kappa shape index (κ1) is 18.4. The Morgan fingerprint density at radius 3 is 2.68 bits per heavy atom. The second kappa shape index (κ2) is 7.20. The minimum Gasteiger partial charge on any atom is -0.384 e. The van der Waals surface area contributed by atoms with Crippen molar-refractivity contribution in [2.45, 2.75) is 39.2 Å². The van der Waals surface area contributed by atoms with Gasteiger partial charge in [-0.3, -0.25) is 9.20 Å². The molecule has 0 aliphatic heterocycles. The summed E-state index contributed by atoms with van der Waals surface area (Å²) < 4.78 is 14.2. The van der Waals surface area contributed by atoms with Crippen LogP contribution in [0.5, 0.6) is 0 Å². The fourth-order valence-electron chi connectivity index (χ4n) is 3.47. The lowest BCUT2D eigenvalue weighted by Gasteiger charge is -2.17. The Labute approximate surface area is 161 Å². The zero-order valence-corrected chi connectivity index (χ0v) is 16.4. The maximum atomic E-state index is 13.4. The molecule has 2 unspecified atom stereocenters. The third-order valence-electron chi connectivity index (χ3n) is 5.11. The average Bonchev–Trinajstić information content (AvgIpc) is 3.35. The van der Waals surface area contributed by atoms with Crippen molar-refractivity contribution in [1.82, 2.24) is 24.1 Å². The molecule has 146 valence electrons. The number of benzene rings is 1. The maximum Gasteiger partial charge on any atom is 0.278 e. The van der Waals surface area contributed by atoms with Gasteiger partial charge in [-0.15, -0.1) is 0 Å². The standard InChI is InChI=1S/C20H23N5O3/c1-5-13(3)25-15-9-7-6-8-14(15)24-11-21-16(17(24)20(25)26)18-22-19(28-23-18)12(2)10-27-4/h6-9,11-13H,5,10H2,1-4H3. The summed E-state index contributed by atoms with van der Waals surface area (Å²) in [5.74, 6) is 0.724. The monoisotopic (exact) mass is 381 g/mol. The van der Waals surface area contributed by atoms with Crippen molar-refractivity contribution >= 4 is 16.6 Å². The zero-order valence-electron chi connectivity index (χ0n) is 16.4. The number of rotatable bonds is 6. The van der Waals surface area contributed by atoms with E-state index in [0.29, 0.717) is 29.5 Å². The highest BCUT2D eigenvalue weighted by atomic mass is 16.5. The summed E-state index contributed by atoms with van der Waals surface area (Å²) in [6.07, 6.45) is 2.48. The van der Waals surface area contributed by atoms with Gasteiger partial charge in [-0.1, -0.05) is 31.1 Å². The van der Waals surface area contributed by atoms with Crippen molar-refractivity contribution in [1.29, 1.82) is 0 Å². The van der Waals surface area contributed by atoms with Crippen LogP contribution >= 0.6 is 0 Å². The Morgan fingerprint density at radius 1 is 1.21 bits per heavy atom. The molecule has 0 aliphatic rings. The van der Waals surface area contributed by atoms with E-state index in [1.807, 2.05) is 42.7 Å². The molecule has 0 radical (unpaired) electrons. The predicted molar refractivity (Wildman–Crippen MR) is 106 cm³/mol. The van der Waals surface area contributed by atoms with Gasteiger partial charge in [0, 0.05) is 13.2 Å². The van der Waals surface area contributed by atoms with Gasteiger partial charge in [0.15, 0.2) is 0 Å².